The number of nitrogens with zero attached hydrogens (tertiary/aromatic N) is 1. The van der Waals surface area contributed by atoms with E-state index in [1.807, 2.05) is 12.1 Å². The van der Waals surface area contributed by atoms with Crippen LogP contribution in [-0.2, 0) is 0 Å². The maximum absolute atomic E-state index is 5.61. The van der Waals surface area contributed by atoms with Gasteiger partial charge >= 0.3 is 0 Å². The van der Waals surface area contributed by atoms with Crippen molar-refractivity contribution < 1.29 is 4.74 Å². The van der Waals surface area contributed by atoms with Crippen LogP contribution in [0.15, 0.2) is 16.6 Å². The van der Waals surface area contributed by atoms with Crippen molar-refractivity contribution in [1.29, 1.82) is 0 Å². The molecule has 2 N–H and O–H groups in total. The summed E-state index contributed by atoms with van der Waals surface area (Å²) in [4.78, 5) is 4.19. The van der Waals surface area contributed by atoms with Crippen LogP contribution in [0.4, 0.5) is 5.13 Å². The van der Waals surface area contributed by atoms with Gasteiger partial charge in [0, 0.05) is 4.47 Å². The molecule has 0 fully saturated rings. The Morgan fingerprint density at radius 2 is 2.31 bits per heavy atom. The lowest BCUT2D eigenvalue weighted by atomic mass is 10.3. The van der Waals surface area contributed by atoms with Crippen molar-refractivity contribution >= 4 is 42.6 Å². The summed E-state index contributed by atoms with van der Waals surface area (Å²) in [7, 11) is 1.64. The molecule has 0 aliphatic carbocycles. The Bertz CT molecular complexity index is 455. The molecule has 0 bridgehead atoms. The van der Waals surface area contributed by atoms with Crippen LogP contribution in [0.5, 0.6) is 5.75 Å². The van der Waals surface area contributed by atoms with Crippen LogP contribution in [-0.4, -0.2) is 12.1 Å². The second kappa shape index (κ2) is 3.16. The van der Waals surface area contributed by atoms with Crippen LogP contribution >= 0.6 is 27.3 Å². The van der Waals surface area contributed by atoms with Crippen molar-refractivity contribution in [2.75, 3.05) is 12.8 Å². The number of hydrogen-bond donors (Lipinski definition) is 1. The van der Waals surface area contributed by atoms with Gasteiger partial charge in [0.15, 0.2) is 5.13 Å². The van der Waals surface area contributed by atoms with Gasteiger partial charge in [-0.15, -0.1) is 0 Å². The van der Waals surface area contributed by atoms with E-state index in [-0.39, 0.29) is 0 Å². The molecule has 68 valence electrons. The van der Waals surface area contributed by atoms with Crippen molar-refractivity contribution in [1.82, 2.24) is 4.98 Å². The van der Waals surface area contributed by atoms with E-state index in [0.717, 1.165) is 20.4 Å². The van der Waals surface area contributed by atoms with Crippen molar-refractivity contribution in [3.63, 3.8) is 0 Å². The number of hydrogen-bond acceptors (Lipinski definition) is 4. The van der Waals surface area contributed by atoms with Gasteiger partial charge in [-0.3, -0.25) is 0 Å². The van der Waals surface area contributed by atoms with E-state index in [4.69, 9.17) is 10.5 Å². The summed E-state index contributed by atoms with van der Waals surface area (Å²) in [5.74, 6) is 0.812. The molecule has 0 saturated heterocycles. The molecule has 0 aliphatic heterocycles. The smallest absolute Gasteiger partial charge is 0.181 e. The molecular weight excluding hydrogens is 252 g/mol. The normalized spacial score (nSPS) is 10.6. The number of methoxy groups -OCH3 is 1. The quantitative estimate of drug-likeness (QED) is 0.856. The van der Waals surface area contributed by atoms with Crippen LogP contribution < -0.4 is 10.5 Å². The zero-order valence-corrected chi connectivity index (χ0v) is 9.28. The van der Waals surface area contributed by atoms with E-state index < -0.39 is 0 Å². The highest BCUT2D eigenvalue weighted by Gasteiger charge is 2.09. The second-order valence-corrected chi connectivity index (χ2v) is 4.36. The van der Waals surface area contributed by atoms with Crippen LogP contribution in [0.2, 0.25) is 0 Å². The summed E-state index contributed by atoms with van der Waals surface area (Å²) in [6.45, 7) is 0. The third-order valence-electron chi connectivity index (χ3n) is 1.69. The van der Waals surface area contributed by atoms with Gasteiger partial charge in [0.1, 0.15) is 11.3 Å². The van der Waals surface area contributed by atoms with Crippen LogP contribution in [0.1, 0.15) is 0 Å². The number of nitrogens with two attached hydrogens (primary N) is 1. The molecule has 0 amide bonds. The van der Waals surface area contributed by atoms with E-state index in [1.54, 1.807) is 7.11 Å². The maximum atomic E-state index is 5.61. The monoisotopic (exact) mass is 258 g/mol. The Labute approximate surface area is 87.7 Å². The molecule has 1 aromatic heterocycles. The fourth-order valence-electron chi connectivity index (χ4n) is 1.13. The second-order valence-electron chi connectivity index (χ2n) is 2.48. The molecule has 0 aliphatic rings. The van der Waals surface area contributed by atoms with E-state index in [2.05, 4.69) is 20.9 Å². The molecule has 2 rings (SSSR count). The van der Waals surface area contributed by atoms with Crippen LogP contribution in [0.3, 0.4) is 0 Å². The molecule has 0 unspecified atom stereocenters. The van der Waals surface area contributed by atoms with Gasteiger partial charge in [-0.2, -0.15) is 0 Å². The number of aromatic nitrogens is 1. The topological polar surface area (TPSA) is 48.1 Å². The predicted molar refractivity (Wildman–Crippen MR) is 58.3 cm³/mol. The lowest BCUT2D eigenvalue weighted by molar-refractivity contribution is 0.420. The van der Waals surface area contributed by atoms with E-state index in [9.17, 15) is 0 Å². The Balaban J connectivity index is 2.83. The Morgan fingerprint density at radius 3 is 3.00 bits per heavy atom. The third kappa shape index (κ3) is 1.38. The number of fused-ring (bicyclic) bond motifs is 1. The number of anilines is 1. The molecular formula is C8H7BrN2OS. The standard InChI is InChI=1S/C8H7BrN2OS/c1-12-5-3-2-4(9)6-7(5)13-8(10)11-6/h2-3H,1H3,(H2,10,11). The fourth-order valence-corrected chi connectivity index (χ4v) is 2.53. The molecule has 1 aromatic carbocycles. The first-order chi connectivity index (χ1) is 6.22. The molecule has 13 heavy (non-hydrogen) atoms. The molecule has 0 atom stereocenters. The van der Waals surface area contributed by atoms with Crippen molar-refractivity contribution in [3.8, 4) is 5.75 Å². The zero-order valence-electron chi connectivity index (χ0n) is 6.87. The first-order valence-electron chi connectivity index (χ1n) is 3.61. The highest BCUT2D eigenvalue weighted by Crippen LogP contribution is 2.36. The molecule has 5 heteroatoms. The van der Waals surface area contributed by atoms with Crippen molar-refractivity contribution in [3.05, 3.63) is 16.6 Å². The minimum absolute atomic E-state index is 0.556. The van der Waals surface area contributed by atoms with Crippen molar-refractivity contribution in [2.24, 2.45) is 0 Å². The summed E-state index contributed by atoms with van der Waals surface area (Å²) >= 11 is 4.84. The van der Waals surface area contributed by atoms with Gasteiger partial charge in [0.25, 0.3) is 0 Å². The minimum atomic E-state index is 0.556. The van der Waals surface area contributed by atoms with Crippen LogP contribution in [0.25, 0.3) is 10.2 Å². The zero-order chi connectivity index (χ0) is 9.42. The Morgan fingerprint density at radius 1 is 1.54 bits per heavy atom. The number of thiazole rings is 1. The summed E-state index contributed by atoms with van der Waals surface area (Å²) in [6.07, 6.45) is 0. The fraction of sp³-hybridized carbons (Fsp3) is 0.125. The number of halogens is 1. The Hall–Kier alpha value is -0.810. The number of benzene rings is 1. The summed E-state index contributed by atoms with van der Waals surface area (Å²) in [5, 5.41) is 0.556. The largest absolute Gasteiger partial charge is 0.495 e. The first kappa shape index (κ1) is 8.77. The molecule has 3 nitrogen and oxygen atoms in total. The minimum Gasteiger partial charge on any atom is -0.495 e. The van der Waals surface area contributed by atoms with Crippen LogP contribution in [0, 0.1) is 0 Å². The van der Waals surface area contributed by atoms with Gasteiger partial charge < -0.3 is 10.5 Å². The maximum Gasteiger partial charge on any atom is 0.181 e. The third-order valence-corrected chi connectivity index (χ3v) is 3.23. The summed E-state index contributed by atoms with van der Waals surface area (Å²) in [6, 6.07) is 3.80. The SMILES string of the molecule is COc1ccc(Br)c2nc(N)sc12. The van der Waals surface area contributed by atoms with Gasteiger partial charge in [0.05, 0.1) is 11.8 Å². The Kier molecular flexibility index (Phi) is 2.13. The predicted octanol–water partition coefficient (Wildman–Crippen LogP) is 2.65. The average Bonchev–Trinajstić information content (AvgIpc) is 2.48. The number of ether oxygens (including phenoxy) is 1. The molecule has 1 heterocycles. The highest BCUT2D eigenvalue weighted by atomic mass is 79.9. The average molecular weight is 259 g/mol. The number of rotatable bonds is 1. The van der Waals surface area contributed by atoms with E-state index in [1.165, 1.54) is 11.3 Å². The van der Waals surface area contributed by atoms with Gasteiger partial charge in [-0.05, 0) is 28.1 Å². The summed E-state index contributed by atoms with van der Waals surface area (Å²) < 4.78 is 7.11. The highest BCUT2D eigenvalue weighted by molar-refractivity contribution is 9.10. The van der Waals surface area contributed by atoms with Gasteiger partial charge in [0.2, 0.25) is 0 Å². The van der Waals surface area contributed by atoms with Gasteiger partial charge in [-0.25, -0.2) is 4.98 Å². The molecule has 2 aromatic rings. The lowest BCUT2D eigenvalue weighted by Gasteiger charge is -2.00. The first-order valence-corrected chi connectivity index (χ1v) is 5.22. The summed E-state index contributed by atoms with van der Waals surface area (Å²) in [5.41, 5.74) is 6.48. The molecule has 0 radical (unpaired) electrons. The molecule has 0 spiro atoms. The lowest BCUT2D eigenvalue weighted by Crippen LogP contribution is -1.83. The van der Waals surface area contributed by atoms with E-state index in [0.29, 0.717) is 5.13 Å². The number of nitrogen functional groups attached to an aromatic ring is 1. The van der Waals surface area contributed by atoms with Gasteiger partial charge in [-0.1, -0.05) is 11.3 Å². The van der Waals surface area contributed by atoms with E-state index >= 15 is 0 Å². The van der Waals surface area contributed by atoms with Crippen molar-refractivity contribution in [2.45, 2.75) is 0 Å². The molecule has 0 saturated carbocycles.